The van der Waals surface area contributed by atoms with Crippen LogP contribution in [-0.4, -0.2) is 23.2 Å². The van der Waals surface area contributed by atoms with Gasteiger partial charge in [-0.15, -0.1) is 0 Å². The van der Waals surface area contributed by atoms with E-state index in [1.807, 2.05) is 36.4 Å². The van der Waals surface area contributed by atoms with Crippen molar-refractivity contribution in [2.24, 2.45) is 0 Å². The number of nitrogens with one attached hydrogen (secondary N) is 1. The molecule has 1 aromatic heterocycles. The predicted octanol–water partition coefficient (Wildman–Crippen LogP) is 3.80. The number of rotatable bonds is 2. The van der Waals surface area contributed by atoms with Crippen LogP contribution >= 0.6 is 11.6 Å². The van der Waals surface area contributed by atoms with Crippen LogP contribution in [0.3, 0.4) is 0 Å². The minimum atomic E-state index is 0.545. The van der Waals surface area contributed by atoms with Crippen LogP contribution in [0.25, 0.3) is 10.9 Å². The fraction of sp³-hybridized carbons (Fsp3) is 0.125. The largest absolute Gasteiger partial charge is 0.486 e. The molecule has 0 aliphatic carbocycles. The van der Waals surface area contributed by atoms with Crippen molar-refractivity contribution in [1.29, 1.82) is 0 Å². The molecule has 0 spiro atoms. The summed E-state index contributed by atoms with van der Waals surface area (Å²) < 4.78 is 11.2. The van der Waals surface area contributed by atoms with Gasteiger partial charge in [-0.2, -0.15) is 0 Å². The zero-order valence-electron chi connectivity index (χ0n) is 11.5. The number of halogens is 1. The highest BCUT2D eigenvalue weighted by Crippen LogP contribution is 2.36. The summed E-state index contributed by atoms with van der Waals surface area (Å²) in [4.78, 5) is 8.62. The number of hydrogen-bond donors (Lipinski definition) is 1. The molecule has 0 radical (unpaired) electrons. The van der Waals surface area contributed by atoms with Gasteiger partial charge in [0.2, 0.25) is 0 Å². The van der Waals surface area contributed by atoms with Crippen molar-refractivity contribution in [2.75, 3.05) is 18.5 Å². The van der Waals surface area contributed by atoms with Crippen molar-refractivity contribution in [3.05, 3.63) is 47.7 Å². The first-order chi connectivity index (χ1) is 10.8. The Morgan fingerprint density at radius 1 is 1.00 bits per heavy atom. The topological polar surface area (TPSA) is 56.3 Å². The van der Waals surface area contributed by atoms with Crippen molar-refractivity contribution in [1.82, 2.24) is 9.97 Å². The van der Waals surface area contributed by atoms with E-state index in [0.717, 1.165) is 16.6 Å². The van der Waals surface area contributed by atoms with E-state index < -0.39 is 0 Å². The molecule has 6 heteroatoms. The van der Waals surface area contributed by atoms with Crippen molar-refractivity contribution in [2.45, 2.75) is 0 Å². The fourth-order valence-corrected chi connectivity index (χ4v) is 2.59. The molecule has 0 amide bonds. The number of fused-ring (bicyclic) bond motifs is 2. The van der Waals surface area contributed by atoms with E-state index in [4.69, 9.17) is 21.1 Å². The molecule has 2 aromatic carbocycles. The van der Waals surface area contributed by atoms with Crippen molar-refractivity contribution in [3.63, 3.8) is 0 Å². The van der Waals surface area contributed by atoms with E-state index in [2.05, 4.69) is 15.3 Å². The number of aromatic nitrogens is 2. The fourth-order valence-electron chi connectivity index (χ4n) is 2.40. The third kappa shape index (κ3) is 2.40. The Kier molecular flexibility index (Phi) is 3.20. The molecule has 5 nitrogen and oxygen atoms in total. The lowest BCUT2D eigenvalue weighted by Crippen LogP contribution is -2.15. The number of benzene rings is 2. The third-order valence-electron chi connectivity index (χ3n) is 3.39. The van der Waals surface area contributed by atoms with Crippen molar-refractivity contribution in [3.8, 4) is 11.5 Å². The maximum atomic E-state index is 6.01. The Morgan fingerprint density at radius 3 is 2.64 bits per heavy atom. The molecule has 2 heterocycles. The Labute approximate surface area is 131 Å². The lowest BCUT2D eigenvalue weighted by molar-refractivity contribution is 0.172. The van der Waals surface area contributed by atoms with E-state index >= 15 is 0 Å². The van der Waals surface area contributed by atoms with Crippen LogP contribution in [0.2, 0.25) is 5.02 Å². The zero-order chi connectivity index (χ0) is 14.9. The second-order valence-corrected chi connectivity index (χ2v) is 5.31. The third-order valence-corrected chi connectivity index (χ3v) is 3.62. The first-order valence-corrected chi connectivity index (χ1v) is 7.24. The van der Waals surface area contributed by atoms with Gasteiger partial charge in [0.25, 0.3) is 0 Å². The highest BCUT2D eigenvalue weighted by molar-refractivity contribution is 6.30. The normalized spacial score (nSPS) is 13.1. The summed E-state index contributed by atoms with van der Waals surface area (Å²) in [6.07, 6.45) is 1.52. The summed E-state index contributed by atoms with van der Waals surface area (Å²) in [7, 11) is 0. The molecule has 1 aliphatic heterocycles. The van der Waals surface area contributed by atoms with Crippen LogP contribution in [0, 0.1) is 0 Å². The van der Waals surface area contributed by atoms with E-state index in [-0.39, 0.29) is 0 Å². The first kappa shape index (κ1) is 13.2. The predicted molar refractivity (Wildman–Crippen MR) is 85.3 cm³/mol. The Hall–Kier alpha value is -2.53. The molecule has 3 aromatic rings. The van der Waals surface area contributed by atoms with Gasteiger partial charge in [0.05, 0.1) is 5.52 Å². The minimum absolute atomic E-state index is 0.545. The Morgan fingerprint density at radius 2 is 1.82 bits per heavy atom. The molecule has 0 fully saturated rings. The van der Waals surface area contributed by atoms with E-state index in [0.29, 0.717) is 35.6 Å². The first-order valence-electron chi connectivity index (χ1n) is 6.86. The van der Waals surface area contributed by atoms with Crippen LogP contribution in [-0.2, 0) is 0 Å². The second-order valence-electron chi connectivity index (χ2n) is 4.87. The molecule has 22 heavy (non-hydrogen) atoms. The monoisotopic (exact) mass is 313 g/mol. The zero-order valence-corrected chi connectivity index (χ0v) is 12.3. The summed E-state index contributed by atoms with van der Waals surface area (Å²) >= 11 is 6.01. The number of anilines is 2. The maximum absolute atomic E-state index is 6.01. The van der Waals surface area contributed by atoms with Gasteiger partial charge in [0, 0.05) is 22.2 Å². The van der Waals surface area contributed by atoms with Gasteiger partial charge < -0.3 is 14.8 Å². The molecule has 110 valence electrons. The second kappa shape index (κ2) is 5.35. The number of nitrogens with zero attached hydrogens (tertiary/aromatic N) is 2. The molecule has 0 saturated carbocycles. The van der Waals surface area contributed by atoms with Crippen molar-refractivity contribution >= 4 is 34.0 Å². The molecular weight excluding hydrogens is 302 g/mol. The van der Waals surface area contributed by atoms with Crippen LogP contribution < -0.4 is 14.8 Å². The molecule has 0 bridgehead atoms. The summed E-state index contributed by atoms with van der Waals surface area (Å²) in [6.45, 7) is 1.10. The summed E-state index contributed by atoms with van der Waals surface area (Å²) in [5.74, 6) is 2.12. The van der Waals surface area contributed by atoms with Gasteiger partial charge in [0.15, 0.2) is 11.5 Å². The van der Waals surface area contributed by atoms with E-state index in [1.165, 1.54) is 6.33 Å². The van der Waals surface area contributed by atoms with Gasteiger partial charge >= 0.3 is 0 Å². The maximum Gasteiger partial charge on any atom is 0.163 e. The number of hydrogen-bond acceptors (Lipinski definition) is 5. The molecule has 0 atom stereocenters. The quantitative estimate of drug-likeness (QED) is 0.780. The molecule has 1 N–H and O–H groups in total. The molecule has 0 saturated heterocycles. The van der Waals surface area contributed by atoms with Gasteiger partial charge in [-0.1, -0.05) is 17.7 Å². The summed E-state index contributed by atoms with van der Waals surface area (Å²) in [5, 5.41) is 4.79. The van der Waals surface area contributed by atoms with Crippen LogP contribution in [0.5, 0.6) is 11.5 Å². The van der Waals surface area contributed by atoms with Gasteiger partial charge in [0.1, 0.15) is 25.4 Å². The minimum Gasteiger partial charge on any atom is -0.486 e. The van der Waals surface area contributed by atoms with Gasteiger partial charge in [-0.25, -0.2) is 9.97 Å². The molecule has 4 rings (SSSR count). The Balaban J connectivity index is 1.80. The van der Waals surface area contributed by atoms with E-state index in [9.17, 15) is 0 Å². The number of ether oxygens (including phenoxy) is 2. The van der Waals surface area contributed by atoms with Crippen LogP contribution in [0.1, 0.15) is 0 Å². The average molecular weight is 314 g/mol. The average Bonchev–Trinajstić information content (AvgIpc) is 2.53. The summed E-state index contributed by atoms with van der Waals surface area (Å²) in [6, 6.07) is 11.2. The molecular formula is C16H12ClN3O2. The van der Waals surface area contributed by atoms with Gasteiger partial charge in [-0.05, 0) is 24.3 Å². The van der Waals surface area contributed by atoms with E-state index in [1.54, 1.807) is 0 Å². The van der Waals surface area contributed by atoms with Crippen LogP contribution in [0.15, 0.2) is 42.7 Å². The lowest BCUT2D eigenvalue weighted by Gasteiger charge is -2.19. The Bertz CT molecular complexity index is 854. The van der Waals surface area contributed by atoms with Crippen LogP contribution in [0.4, 0.5) is 11.5 Å². The molecule has 1 aliphatic rings. The lowest BCUT2D eigenvalue weighted by atomic mass is 10.2. The van der Waals surface area contributed by atoms with Crippen molar-refractivity contribution < 1.29 is 9.47 Å². The smallest absolute Gasteiger partial charge is 0.163 e. The molecule has 0 unspecified atom stereocenters. The highest BCUT2D eigenvalue weighted by atomic mass is 35.5. The SMILES string of the molecule is Clc1cccc(Nc2ncnc3cc4c(cc23)OCCO4)c1. The van der Waals surface area contributed by atoms with Gasteiger partial charge in [-0.3, -0.25) is 0 Å². The summed E-state index contributed by atoms with van der Waals surface area (Å²) in [5.41, 5.74) is 1.66. The highest BCUT2D eigenvalue weighted by Gasteiger charge is 2.15. The standard InChI is InChI=1S/C16H12ClN3O2/c17-10-2-1-3-11(6-10)20-16-12-7-14-15(22-5-4-21-14)8-13(12)18-9-19-16/h1-3,6-9H,4-5H2,(H,18,19,20).